The number of benzene rings is 1. The monoisotopic (exact) mass is 632 g/mol. The highest BCUT2D eigenvalue weighted by atomic mass is 16.2. The Hall–Kier alpha value is -3.02. The van der Waals surface area contributed by atoms with Gasteiger partial charge in [0.15, 0.2) is 0 Å². The topological polar surface area (TPSA) is 74.8 Å². The molecule has 0 atom stereocenters. The van der Waals surface area contributed by atoms with E-state index in [0.29, 0.717) is 24.0 Å². The van der Waals surface area contributed by atoms with E-state index in [2.05, 4.69) is 13.8 Å². The number of nitrogens with zero attached hydrogens (tertiary/aromatic N) is 2. The predicted octanol–water partition coefficient (Wildman–Crippen LogP) is 9.90. The van der Waals surface area contributed by atoms with Gasteiger partial charge in [0.25, 0.3) is 23.6 Å². The lowest BCUT2D eigenvalue weighted by molar-refractivity contribution is -0.139. The lowest BCUT2D eigenvalue weighted by Gasteiger charge is -2.20. The van der Waals surface area contributed by atoms with E-state index in [1.54, 1.807) is 0 Å². The summed E-state index contributed by atoms with van der Waals surface area (Å²) in [6.45, 7) is 4.76. The number of unbranched alkanes of at least 4 members (excludes halogenated alkanes) is 18. The van der Waals surface area contributed by atoms with Crippen molar-refractivity contribution in [3.63, 3.8) is 0 Å². The van der Waals surface area contributed by atoms with Crippen molar-refractivity contribution in [3.05, 3.63) is 58.7 Å². The predicted molar refractivity (Wildman–Crippen MR) is 187 cm³/mol. The first-order valence-electron chi connectivity index (χ1n) is 18.7. The molecule has 0 aromatic heterocycles. The largest absolute Gasteiger partial charge is 0.271 e. The summed E-state index contributed by atoms with van der Waals surface area (Å²) in [6, 6.07) is 7.48. The number of hydrogen-bond acceptors (Lipinski definition) is 4. The van der Waals surface area contributed by atoms with Crippen molar-refractivity contribution in [2.75, 3.05) is 0 Å². The molecule has 46 heavy (non-hydrogen) atoms. The number of rotatable bonds is 26. The molecule has 2 aliphatic rings. The van der Waals surface area contributed by atoms with Crippen LogP contribution in [-0.2, 0) is 32.3 Å². The smallest absolute Gasteiger partial charge is 0.257 e. The van der Waals surface area contributed by atoms with Crippen molar-refractivity contribution in [2.24, 2.45) is 0 Å². The molecule has 6 heteroatoms. The van der Waals surface area contributed by atoms with Crippen LogP contribution >= 0.6 is 0 Å². The molecule has 254 valence electrons. The van der Waals surface area contributed by atoms with Crippen LogP contribution in [0.1, 0.15) is 166 Å². The number of carbonyl (C=O) groups is 4. The zero-order valence-corrected chi connectivity index (χ0v) is 29.0. The van der Waals surface area contributed by atoms with Gasteiger partial charge in [0.1, 0.15) is 0 Å². The average molecular weight is 633 g/mol. The van der Waals surface area contributed by atoms with Crippen LogP contribution in [0.5, 0.6) is 0 Å². The van der Waals surface area contributed by atoms with E-state index >= 15 is 0 Å². The Balaban J connectivity index is 1.39. The number of imide groups is 2. The number of amides is 4. The van der Waals surface area contributed by atoms with E-state index in [0.717, 1.165) is 36.8 Å². The Morgan fingerprint density at radius 3 is 1.07 bits per heavy atom. The van der Waals surface area contributed by atoms with E-state index in [1.165, 1.54) is 125 Å². The second-order valence-electron chi connectivity index (χ2n) is 13.4. The quantitative estimate of drug-likeness (QED) is 0.0753. The Morgan fingerprint density at radius 2 is 0.739 bits per heavy atom. The maximum absolute atomic E-state index is 13.2. The minimum atomic E-state index is -0.282. The van der Waals surface area contributed by atoms with Crippen LogP contribution in [0.4, 0.5) is 0 Å². The van der Waals surface area contributed by atoms with Crippen molar-refractivity contribution < 1.29 is 19.2 Å². The van der Waals surface area contributed by atoms with Crippen LogP contribution in [0.25, 0.3) is 0 Å². The third-order valence-electron chi connectivity index (χ3n) is 9.54. The number of hydrogen-bond donors (Lipinski definition) is 0. The average Bonchev–Trinajstić information content (AvgIpc) is 3.47. The summed E-state index contributed by atoms with van der Waals surface area (Å²) in [5.74, 6) is -1.000. The molecule has 0 spiro atoms. The highest BCUT2D eigenvalue weighted by Crippen LogP contribution is 2.26. The summed E-state index contributed by atoms with van der Waals surface area (Å²) >= 11 is 0. The van der Waals surface area contributed by atoms with Crippen LogP contribution in [0.3, 0.4) is 0 Å². The molecule has 3 rings (SSSR count). The van der Waals surface area contributed by atoms with Crippen LogP contribution in [0.15, 0.2) is 47.6 Å². The summed E-state index contributed by atoms with van der Waals surface area (Å²) in [7, 11) is 0. The van der Waals surface area contributed by atoms with Crippen LogP contribution in [0, 0.1) is 0 Å². The minimum absolute atomic E-state index is 0.140. The fourth-order valence-electron chi connectivity index (χ4n) is 6.59. The van der Waals surface area contributed by atoms with Crippen LogP contribution < -0.4 is 0 Å². The lowest BCUT2D eigenvalue weighted by atomic mass is 10.0. The maximum atomic E-state index is 13.2. The van der Waals surface area contributed by atoms with Crippen molar-refractivity contribution in [2.45, 2.75) is 168 Å². The molecule has 6 nitrogen and oxygen atoms in total. The van der Waals surface area contributed by atoms with Gasteiger partial charge in [-0.3, -0.25) is 29.0 Å². The molecule has 0 aliphatic carbocycles. The minimum Gasteiger partial charge on any atom is -0.271 e. The molecule has 0 bridgehead atoms. The Bertz CT molecular complexity index is 1090. The first-order valence-corrected chi connectivity index (χ1v) is 18.7. The van der Waals surface area contributed by atoms with Crippen molar-refractivity contribution >= 4 is 23.6 Å². The van der Waals surface area contributed by atoms with Gasteiger partial charge < -0.3 is 0 Å². The van der Waals surface area contributed by atoms with Crippen molar-refractivity contribution in [1.82, 2.24) is 9.80 Å². The molecule has 2 aliphatic heterocycles. The standard InChI is InChI=1S/C40H60N2O4/c1-3-5-7-9-11-13-15-17-19-21-25-33-29-37(43)41(39(33)45)31-35-27-23-24-28-36(35)32-42-38(44)30-34(40(42)46)26-22-20-18-16-14-12-10-8-6-4-2/h23-24,27-30H,3-22,25-26,31-32H2,1-2H3. The van der Waals surface area contributed by atoms with E-state index in [9.17, 15) is 19.2 Å². The zero-order valence-electron chi connectivity index (χ0n) is 29.0. The highest BCUT2D eigenvalue weighted by Gasteiger charge is 2.33. The van der Waals surface area contributed by atoms with Gasteiger partial charge in [0.2, 0.25) is 0 Å². The summed E-state index contributed by atoms with van der Waals surface area (Å²) in [6.07, 6.45) is 28.8. The third kappa shape index (κ3) is 12.6. The van der Waals surface area contributed by atoms with Gasteiger partial charge in [-0.2, -0.15) is 0 Å². The van der Waals surface area contributed by atoms with E-state index in [-0.39, 0.29) is 36.7 Å². The second-order valence-corrected chi connectivity index (χ2v) is 13.4. The van der Waals surface area contributed by atoms with Crippen molar-refractivity contribution in [1.29, 1.82) is 0 Å². The molecule has 0 radical (unpaired) electrons. The maximum Gasteiger partial charge on any atom is 0.257 e. The summed E-state index contributed by atoms with van der Waals surface area (Å²) in [4.78, 5) is 54.6. The molecular formula is C40H60N2O4. The van der Waals surface area contributed by atoms with E-state index in [4.69, 9.17) is 0 Å². The second kappa shape index (κ2) is 21.7. The van der Waals surface area contributed by atoms with Gasteiger partial charge in [0.05, 0.1) is 13.1 Å². The molecular weight excluding hydrogens is 572 g/mol. The fourth-order valence-corrected chi connectivity index (χ4v) is 6.59. The van der Waals surface area contributed by atoms with Gasteiger partial charge in [-0.25, -0.2) is 0 Å². The SMILES string of the molecule is CCCCCCCCCCCCC1=CC(=O)N(Cc2ccccc2CN2C(=O)C=C(CCCCCCCCCCCC)C2=O)C1=O. The summed E-state index contributed by atoms with van der Waals surface area (Å²) in [5, 5.41) is 0. The summed E-state index contributed by atoms with van der Waals surface area (Å²) < 4.78 is 0. The van der Waals surface area contributed by atoms with Crippen LogP contribution in [0.2, 0.25) is 0 Å². The first-order chi connectivity index (χ1) is 22.5. The highest BCUT2D eigenvalue weighted by molar-refractivity contribution is 6.16. The van der Waals surface area contributed by atoms with Gasteiger partial charge in [-0.05, 0) is 36.8 Å². The number of carbonyl (C=O) groups excluding carboxylic acids is 4. The van der Waals surface area contributed by atoms with E-state index < -0.39 is 0 Å². The Kier molecular flexibility index (Phi) is 17.7. The van der Waals surface area contributed by atoms with Crippen molar-refractivity contribution in [3.8, 4) is 0 Å². The van der Waals surface area contributed by atoms with E-state index in [1.807, 2.05) is 24.3 Å². The van der Waals surface area contributed by atoms with Gasteiger partial charge >= 0.3 is 0 Å². The molecule has 4 amide bonds. The Labute approximate surface area is 279 Å². The third-order valence-corrected chi connectivity index (χ3v) is 9.54. The molecule has 0 saturated heterocycles. The Morgan fingerprint density at radius 1 is 0.435 bits per heavy atom. The van der Waals surface area contributed by atoms with Gasteiger partial charge in [-0.1, -0.05) is 154 Å². The molecule has 1 aromatic carbocycles. The van der Waals surface area contributed by atoms with Crippen LogP contribution in [-0.4, -0.2) is 33.4 Å². The molecule has 0 fully saturated rings. The van der Waals surface area contributed by atoms with Gasteiger partial charge in [0, 0.05) is 23.3 Å². The first kappa shape index (κ1) is 37.4. The summed E-state index contributed by atoms with van der Waals surface area (Å²) in [5.41, 5.74) is 2.74. The normalized spacial score (nSPS) is 15.0. The molecule has 1 aromatic rings. The molecule has 0 N–H and O–H groups in total. The molecule has 2 heterocycles. The fraction of sp³-hybridized carbons (Fsp3) is 0.650. The zero-order chi connectivity index (χ0) is 33.0. The lowest BCUT2D eigenvalue weighted by Crippen LogP contribution is -2.33. The van der Waals surface area contributed by atoms with Gasteiger partial charge in [-0.15, -0.1) is 0 Å². The molecule has 0 unspecified atom stereocenters. The molecule has 0 saturated carbocycles.